The van der Waals surface area contributed by atoms with Crippen LogP contribution in [-0.2, 0) is 7.05 Å². The summed E-state index contributed by atoms with van der Waals surface area (Å²) >= 11 is 0. The molecule has 0 spiro atoms. The fraction of sp³-hybridized carbons (Fsp3) is 0.182. The number of benzene rings is 1. The Labute approximate surface area is 77.9 Å². The molecule has 2 nitrogen and oxygen atoms in total. The molecule has 2 aromatic rings. The van der Waals surface area contributed by atoms with Crippen LogP contribution in [0.2, 0.25) is 0 Å². The van der Waals surface area contributed by atoms with Gasteiger partial charge >= 0.3 is 0 Å². The van der Waals surface area contributed by atoms with Gasteiger partial charge in [0, 0.05) is 7.05 Å². The van der Waals surface area contributed by atoms with Gasteiger partial charge in [-0.3, -0.25) is 0 Å². The van der Waals surface area contributed by atoms with E-state index >= 15 is 0 Å². The quantitative estimate of drug-likeness (QED) is 0.645. The molecule has 2 heteroatoms. The highest BCUT2D eigenvalue weighted by Gasteiger charge is 2.00. The number of nitrogens with zero attached hydrogens (tertiary/aromatic N) is 2. The van der Waals surface area contributed by atoms with E-state index in [1.54, 1.807) is 0 Å². The molecule has 0 aliphatic rings. The Morgan fingerprint density at radius 2 is 2.15 bits per heavy atom. The van der Waals surface area contributed by atoms with E-state index in [1.807, 2.05) is 24.1 Å². The summed E-state index contributed by atoms with van der Waals surface area (Å²) in [5, 5.41) is 0. The first-order chi connectivity index (χ1) is 6.27. The first-order valence-electron chi connectivity index (χ1n) is 4.31. The van der Waals surface area contributed by atoms with Crippen molar-refractivity contribution in [2.45, 2.75) is 6.92 Å². The summed E-state index contributed by atoms with van der Waals surface area (Å²) in [6.07, 6.45) is 3.70. The molecule has 66 valence electrons. The third-order valence-corrected chi connectivity index (χ3v) is 2.13. The molecule has 0 radical (unpaired) electrons. The van der Waals surface area contributed by atoms with E-state index in [-0.39, 0.29) is 0 Å². The number of hydrogen-bond acceptors (Lipinski definition) is 1. The molecule has 0 amide bonds. The van der Waals surface area contributed by atoms with Crippen molar-refractivity contribution in [3.63, 3.8) is 0 Å². The first kappa shape index (κ1) is 8.05. The minimum atomic E-state index is 1.16. The largest absolute Gasteiger partial charge is 0.334 e. The molecule has 1 aromatic carbocycles. The lowest BCUT2D eigenvalue weighted by atomic mass is 10.1. The zero-order valence-electron chi connectivity index (χ0n) is 7.86. The molecular weight excluding hydrogens is 160 g/mol. The average molecular weight is 172 g/mol. The van der Waals surface area contributed by atoms with Crippen molar-refractivity contribution in [2.75, 3.05) is 0 Å². The molecule has 0 unspecified atom stereocenters. The Morgan fingerprint density at radius 1 is 1.31 bits per heavy atom. The lowest BCUT2D eigenvalue weighted by molar-refractivity contribution is 0.921. The SMILES string of the molecule is Cc1cccc(-c2cncn2C)c1. The van der Waals surface area contributed by atoms with Crippen molar-refractivity contribution in [3.8, 4) is 11.3 Å². The molecule has 0 fully saturated rings. The monoisotopic (exact) mass is 172 g/mol. The van der Waals surface area contributed by atoms with Crippen LogP contribution in [0, 0.1) is 6.92 Å². The van der Waals surface area contributed by atoms with Crippen LogP contribution in [0.25, 0.3) is 11.3 Å². The Balaban J connectivity index is 2.53. The van der Waals surface area contributed by atoms with Crippen LogP contribution in [0.4, 0.5) is 0 Å². The average Bonchev–Trinajstić information content (AvgIpc) is 2.51. The van der Waals surface area contributed by atoms with Crippen LogP contribution < -0.4 is 0 Å². The minimum absolute atomic E-state index is 1.16. The van der Waals surface area contributed by atoms with Crippen LogP contribution in [0.15, 0.2) is 36.8 Å². The molecule has 0 N–H and O–H groups in total. The zero-order chi connectivity index (χ0) is 9.26. The van der Waals surface area contributed by atoms with E-state index in [4.69, 9.17) is 0 Å². The smallest absolute Gasteiger partial charge is 0.0948 e. The molecule has 0 saturated heterocycles. The van der Waals surface area contributed by atoms with Crippen molar-refractivity contribution in [1.29, 1.82) is 0 Å². The summed E-state index contributed by atoms with van der Waals surface area (Å²) < 4.78 is 2.02. The maximum absolute atomic E-state index is 4.09. The molecule has 1 aromatic heterocycles. The summed E-state index contributed by atoms with van der Waals surface area (Å²) in [6.45, 7) is 2.10. The Morgan fingerprint density at radius 3 is 2.77 bits per heavy atom. The summed E-state index contributed by atoms with van der Waals surface area (Å²) in [7, 11) is 2.00. The highest BCUT2D eigenvalue weighted by Crippen LogP contribution is 2.18. The molecule has 13 heavy (non-hydrogen) atoms. The molecule has 0 saturated carbocycles. The van der Waals surface area contributed by atoms with Gasteiger partial charge in [-0.15, -0.1) is 0 Å². The second kappa shape index (κ2) is 3.05. The summed E-state index contributed by atoms with van der Waals surface area (Å²) in [5.74, 6) is 0. The van der Waals surface area contributed by atoms with Gasteiger partial charge in [-0.05, 0) is 18.6 Å². The number of rotatable bonds is 1. The van der Waals surface area contributed by atoms with E-state index in [1.165, 1.54) is 11.1 Å². The van der Waals surface area contributed by atoms with Gasteiger partial charge < -0.3 is 4.57 Å². The Kier molecular flexibility index (Phi) is 1.89. The van der Waals surface area contributed by atoms with Crippen LogP contribution >= 0.6 is 0 Å². The van der Waals surface area contributed by atoms with Crippen LogP contribution in [0.3, 0.4) is 0 Å². The summed E-state index contributed by atoms with van der Waals surface area (Å²) in [6, 6.07) is 8.43. The molecule has 0 aliphatic heterocycles. The molecule has 0 atom stereocenters. The van der Waals surface area contributed by atoms with Gasteiger partial charge in [-0.1, -0.05) is 23.8 Å². The van der Waals surface area contributed by atoms with Gasteiger partial charge in [0.25, 0.3) is 0 Å². The predicted molar refractivity (Wildman–Crippen MR) is 53.4 cm³/mol. The topological polar surface area (TPSA) is 17.8 Å². The van der Waals surface area contributed by atoms with Crippen LogP contribution in [0.1, 0.15) is 5.56 Å². The van der Waals surface area contributed by atoms with Gasteiger partial charge in [0.1, 0.15) is 0 Å². The molecule has 0 bridgehead atoms. The van der Waals surface area contributed by atoms with E-state index < -0.39 is 0 Å². The first-order valence-corrected chi connectivity index (χ1v) is 4.31. The van der Waals surface area contributed by atoms with Crippen molar-refractivity contribution in [1.82, 2.24) is 9.55 Å². The minimum Gasteiger partial charge on any atom is -0.334 e. The maximum Gasteiger partial charge on any atom is 0.0948 e. The maximum atomic E-state index is 4.09. The normalized spacial score (nSPS) is 10.3. The lowest BCUT2D eigenvalue weighted by Crippen LogP contribution is -1.89. The lowest BCUT2D eigenvalue weighted by Gasteiger charge is -2.02. The third-order valence-electron chi connectivity index (χ3n) is 2.13. The van der Waals surface area contributed by atoms with Crippen molar-refractivity contribution < 1.29 is 0 Å². The van der Waals surface area contributed by atoms with E-state index in [2.05, 4.69) is 36.2 Å². The Hall–Kier alpha value is -1.57. The standard InChI is InChI=1S/C11H12N2/c1-9-4-3-5-10(6-9)11-7-12-8-13(11)2/h3-8H,1-2H3. The van der Waals surface area contributed by atoms with E-state index in [9.17, 15) is 0 Å². The van der Waals surface area contributed by atoms with Crippen molar-refractivity contribution >= 4 is 0 Å². The van der Waals surface area contributed by atoms with Crippen LogP contribution in [0.5, 0.6) is 0 Å². The third kappa shape index (κ3) is 1.47. The Bertz CT molecular complexity index is 416. The number of imidazole rings is 1. The molecule has 0 aliphatic carbocycles. The highest BCUT2D eigenvalue weighted by atomic mass is 15.0. The second-order valence-electron chi connectivity index (χ2n) is 3.26. The molecule has 2 rings (SSSR count). The van der Waals surface area contributed by atoms with Gasteiger partial charge in [-0.25, -0.2) is 4.98 Å². The van der Waals surface area contributed by atoms with E-state index in [0.717, 1.165) is 5.69 Å². The highest BCUT2D eigenvalue weighted by molar-refractivity contribution is 5.59. The number of hydrogen-bond donors (Lipinski definition) is 0. The second-order valence-corrected chi connectivity index (χ2v) is 3.26. The van der Waals surface area contributed by atoms with Gasteiger partial charge in [0.15, 0.2) is 0 Å². The molecular formula is C11H12N2. The summed E-state index contributed by atoms with van der Waals surface area (Å²) in [4.78, 5) is 4.09. The van der Waals surface area contributed by atoms with Crippen molar-refractivity contribution in [2.24, 2.45) is 7.05 Å². The zero-order valence-corrected chi connectivity index (χ0v) is 7.86. The number of aromatic nitrogens is 2. The fourth-order valence-electron chi connectivity index (χ4n) is 1.44. The summed E-state index contributed by atoms with van der Waals surface area (Å²) in [5.41, 5.74) is 3.66. The fourth-order valence-corrected chi connectivity index (χ4v) is 1.44. The number of aryl methyl sites for hydroxylation is 2. The van der Waals surface area contributed by atoms with E-state index in [0.29, 0.717) is 0 Å². The van der Waals surface area contributed by atoms with Crippen LogP contribution in [-0.4, -0.2) is 9.55 Å². The van der Waals surface area contributed by atoms with Gasteiger partial charge in [-0.2, -0.15) is 0 Å². The molecule has 1 heterocycles. The predicted octanol–water partition coefficient (Wildman–Crippen LogP) is 2.40. The van der Waals surface area contributed by atoms with Crippen molar-refractivity contribution in [3.05, 3.63) is 42.4 Å². The van der Waals surface area contributed by atoms with Gasteiger partial charge in [0.05, 0.1) is 18.2 Å². The van der Waals surface area contributed by atoms with Gasteiger partial charge in [0.2, 0.25) is 0 Å².